The minimum absolute atomic E-state index is 0.0468. The lowest BCUT2D eigenvalue weighted by Crippen LogP contribution is -2.37. The molecule has 1 aromatic heterocycles. The summed E-state index contributed by atoms with van der Waals surface area (Å²) in [6.07, 6.45) is 3.46. The Morgan fingerprint density at radius 2 is 2.08 bits per heavy atom. The Labute approximate surface area is 153 Å². The molecule has 0 radical (unpaired) electrons. The molecule has 1 amide bonds. The van der Waals surface area contributed by atoms with Gasteiger partial charge in [0.25, 0.3) is 5.91 Å². The quantitative estimate of drug-likeness (QED) is 0.837. The number of aryl methyl sites for hydroxylation is 1. The van der Waals surface area contributed by atoms with Crippen LogP contribution in [0, 0.1) is 12.8 Å². The SMILES string of the molecule is Cc1nc(CC(C)C)c(C(=O)N2CCCC(N(C)CC(=O)O)CC2)s1. The van der Waals surface area contributed by atoms with E-state index in [1.165, 1.54) is 11.3 Å². The molecule has 0 aliphatic carbocycles. The molecule has 1 aliphatic heterocycles. The van der Waals surface area contributed by atoms with Crippen molar-refractivity contribution in [3.8, 4) is 0 Å². The molecule has 7 heteroatoms. The van der Waals surface area contributed by atoms with Crippen LogP contribution in [0.25, 0.3) is 0 Å². The Balaban J connectivity index is 2.05. The molecule has 1 saturated heterocycles. The van der Waals surface area contributed by atoms with E-state index < -0.39 is 5.97 Å². The van der Waals surface area contributed by atoms with Gasteiger partial charge in [0.15, 0.2) is 0 Å². The number of aliphatic carboxylic acids is 1. The molecule has 140 valence electrons. The molecule has 1 aliphatic rings. The molecule has 2 rings (SSSR count). The summed E-state index contributed by atoms with van der Waals surface area (Å²) in [5, 5.41) is 9.90. The number of rotatable bonds is 6. The Morgan fingerprint density at radius 3 is 2.72 bits per heavy atom. The van der Waals surface area contributed by atoms with Crippen molar-refractivity contribution in [2.75, 3.05) is 26.7 Å². The number of hydrogen-bond donors (Lipinski definition) is 1. The standard InChI is InChI=1S/C18H29N3O3S/c1-12(2)10-15-17(25-13(3)19-15)18(24)21-8-5-6-14(7-9-21)20(4)11-16(22)23/h12,14H,5-11H2,1-4H3,(H,22,23). The van der Waals surface area contributed by atoms with E-state index in [1.54, 1.807) is 0 Å². The number of carbonyl (C=O) groups excluding carboxylic acids is 1. The van der Waals surface area contributed by atoms with Crippen LogP contribution in [0.3, 0.4) is 0 Å². The van der Waals surface area contributed by atoms with E-state index in [1.807, 2.05) is 23.8 Å². The van der Waals surface area contributed by atoms with Gasteiger partial charge in [-0.2, -0.15) is 0 Å². The summed E-state index contributed by atoms with van der Waals surface area (Å²) in [5.74, 6) is -0.257. The zero-order chi connectivity index (χ0) is 18.6. The second kappa shape index (κ2) is 8.76. The van der Waals surface area contributed by atoms with Crippen molar-refractivity contribution in [3.63, 3.8) is 0 Å². The second-order valence-corrected chi connectivity index (χ2v) is 8.50. The maximum Gasteiger partial charge on any atom is 0.317 e. The fraction of sp³-hybridized carbons (Fsp3) is 0.722. The number of aromatic nitrogens is 1. The molecule has 2 heterocycles. The van der Waals surface area contributed by atoms with Gasteiger partial charge in [0.1, 0.15) is 4.88 Å². The zero-order valence-electron chi connectivity index (χ0n) is 15.6. The molecule has 25 heavy (non-hydrogen) atoms. The Morgan fingerprint density at radius 1 is 1.36 bits per heavy atom. The van der Waals surface area contributed by atoms with Crippen LogP contribution in [0.1, 0.15) is 53.5 Å². The van der Waals surface area contributed by atoms with Crippen molar-refractivity contribution in [2.45, 2.75) is 52.5 Å². The van der Waals surface area contributed by atoms with Crippen molar-refractivity contribution in [1.29, 1.82) is 0 Å². The van der Waals surface area contributed by atoms with E-state index >= 15 is 0 Å². The molecule has 1 fully saturated rings. The molecule has 1 aromatic rings. The van der Waals surface area contributed by atoms with E-state index in [4.69, 9.17) is 5.11 Å². The fourth-order valence-electron chi connectivity index (χ4n) is 3.37. The van der Waals surface area contributed by atoms with Crippen LogP contribution in [-0.2, 0) is 11.2 Å². The molecule has 1 unspecified atom stereocenters. The molecule has 6 nitrogen and oxygen atoms in total. The average Bonchev–Trinajstić information content (AvgIpc) is 2.73. The topological polar surface area (TPSA) is 73.7 Å². The minimum Gasteiger partial charge on any atom is -0.480 e. The van der Waals surface area contributed by atoms with Crippen LogP contribution in [0.4, 0.5) is 0 Å². The zero-order valence-corrected chi connectivity index (χ0v) is 16.4. The number of likely N-dealkylation sites (N-methyl/N-ethyl adjacent to an activating group) is 1. The van der Waals surface area contributed by atoms with Gasteiger partial charge in [-0.25, -0.2) is 4.98 Å². The predicted octanol–water partition coefficient (Wildman–Crippen LogP) is 2.66. The first kappa shape index (κ1) is 19.8. The van der Waals surface area contributed by atoms with Gasteiger partial charge in [-0.3, -0.25) is 14.5 Å². The van der Waals surface area contributed by atoms with Crippen LogP contribution in [0.5, 0.6) is 0 Å². The Kier molecular flexibility index (Phi) is 6.95. The highest BCUT2D eigenvalue weighted by Crippen LogP contribution is 2.24. The van der Waals surface area contributed by atoms with Gasteiger partial charge in [0.05, 0.1) is 17.2 Å². The van der Waals surface area contributed by atoms with E-state index in [0.29, 0.717) is 12.5 Å². The predicted molar refractivity (Wildman–Crippen MR) is 99.2 cm³/mol. The number of carbonyl (C=O) groups is 2. The number of carboxylic acid groups (broad SMARTS) is 1. The van der Waals surface area contributed by atoms with Crippen LogP contribution < -0.4 is 0 Å². The third-order valence-electron chi connectivity index (χ3n) is 4.59. The van der Waals surface area contributed by atoms with E-state index in [0.717, 1.165) is 47.8 Å². The van der Waals surface area contributed by atoms with Crippen LogP contribution in [0.15, 0.2) is 0 Å². The Hall–Kier alpha value is -1.47. The summed E-state index contributed by atoms with van der Waals surface area (Å²) >= 11 is 1.49. The summed E-state index contributed by atoms with van der Waals surface area (Å²) < 4.78 is 0. The third-order valence-corrected chi connectivity index (χ3v) is 5.59. The number of hydrogen-bond acceptors (Lipinski definition) is 5. The van der Waals surface area contributed by atoms with E-state index in [2.05, 4.69) is 18.8 Å². The maximum absolute atomic E-state index is 13.0. The summed E-state index contributed by atoms with van der Waals surface area (Å²) in [7, 11) is 1.85. The first-order valence-electron chi connectivity index (χ1n) is 8.95. The van der Waals surface area contributed by atoms with E-state index in [9.17, 15) is 9.59 Å². The monoisotopic (exact) mass is 367 g/mol. The Bertz CT molecular complexity index is 615. The second-order valence-electron chi connectivity index (χ2n) is 7.29. The van der Waals surface area contributed by atoms with Crippen LogP contribution in [-0.4, -0.2) is 64.5 Å². The summed E-state index contributed by atoms with van der Waals surface area (Å²) in [6.45, 7) is 7.67. The summed E-state index contributed by atoms with van der Waals surface area (Å²) in [6, 6.07) is 0.215. The smallest absolute Gasteiger partial charge is 0.317 e. The van der Waals surface area contributed by atoms with Gasteiger partial charge in [0, 0.05) is 19.1 Å². The molecule has 0 bridgehead atoms. The lowest BCUT2D eigenvalue weighted by atomic mass is 10.1. The first-order valence-corrected chi connectivity index (χ1v) is 9.77. The average molecular weight is 368 g/mol. The highest BCUT2D eigenvalue weighted by atomic mass is 32.1. The van der Waals surface area contributed by atoms with E-state index in [-0.39, 0.29) is 18.5 Å². The molecule has 0 spiro atoms. The summed E-state index contributed by atoms with van der Waals surface area (Å²) in [4.78, 5) is 33.1. The number of likely N-dealkylation sites (tertiary alicyclic amines) is 1. The van der Waals surface area contributed by atoms with Crippen molar-refractivity contribution in [1.82, 2.24) is 14.8 Å². The van der Waals surface area contributed by atoms with Gasteiger partial charge < -0.3 is 10.0 Å². The number of carboxylic acids is 1. The van der Waals surface area contributed by atoms with Crippen molar-refractivity contribution < 1.29 is 14.7 Å². The highest BCUT2D eigenvalue weighted by Gasteiger charge is 2.27. The molecule has 0 saturated carbocycles. The molecule has 1 atom stereocenters. The number of thiazole rings is 1. The fourth-order valence-corrected chi connectivity index (χ4v) is 4.29. The van der Waals surface area contributed by atoms with Crippen molar-refractivity contribution in [3.05, 3.63) is 15.6 Å². The van der Waals surface area contributed by atoms with Gasteiger partial charge in [0.2, 0.25) is 0 Å². The van der Waals surface area contributed by atoms with Crippen LogP contribution in [0.2, 0.25) is 0 Å². The largest absolute Gasteiger partial charge is 0.480 e. The van der Waals surface area contributed by atoms with Crippen molar-refractivity contribution >= 4 is 23.2 Å². The lowest BCUT2D eigenvalue weighted by Gasteiger charge is -2.25. The third kappa shape index (κ3) is 5.51. The highest BCUT2D eigenvalue weighted by molar-refractivity contribution is 7.13. The molecule has 1 N–H and O–H groups in total. The minimum atomic E-state index is -0.807. The number of amides is 1. The van der Waals surface area contributed by atoms with Gasteiger partial charge in [-0.1, -0.05) is 13.8 Å². The van der Waals surface area contributed by atoms with Crippen molar-refractivity contribution in [2.24, 2.45) is 5.92 Å². The number of nitrogens with zero attached hydrogens (tertiary/aromatic N) is 3. The van der Waals surface area contributed by atoms with Gasteiger partial charge in [-0.05, 0) is 45.6 Å². The molecular weight excluding hydrogens is 338 g/mol. The lowest BCUT2D eigenvalue weighted by molar-refractivity contribution is -0.138. The molecule has 0 aromatic carbocycles. The normalized spacial score (nSPS) is 18.6. The van der Waals surface area contributed by atoms with Gasteiger partial charge in [-0.15, -0.1) is 11.3 Å². The van der Waals surface area contributed by atoms with Gasteiger partial charge >= 0.3 is 5.97 Å². The summed E-state index contributed by atoms with van der Waals surface area (Å²) in [5.41, 5.74) is 0.922. The first-order chi connectivity index (χ1) is 11.8. The van der Waals surface area contributed by atoms with Crippen LogP contribution >= 0.6 is 11.3 Å². The molecular formula is C18H29N3O3S. The maximum atomic E-state index is 13.0.